The molecule has 8 rings (SSSR count). The van der Waals surface area contributed by atoms with Gasteiger partial charge in [0.05, 0.1) is 54.1 Å². The molecule has 6 aromatic rings. The largest absolute Gasteiger partial charge is 1.00 e. The second-order valence-electron chi connectivity index (χ2n) is 14.6. The van der Waals surface area contributed by atoms with Crippen molar-refractivity contribution in [2.45, 2.75) is 23.6 Å². The molecule has 4 heterocycles. The first kappa shape index (κ1) is 47.8. The Morgan fingerprint density at radius 3 is 1.45 bits per heavy atom. The van der Waals surface area contributed by atoms with E-state index < -0.39 is 30.0 Å². The van der Waals surface area contributed by atoms with E-state index in [1.54, 1.807) is 0 Å². The molecule has 0 saturated carbocycles. The minimum atomic E-state index is -5.10. The van der Waals surface area contributed by atoms with Crippen LogP contribution in [0.5, 0.6) is 0 Å². The normalized spacial score (nSPS) is 16.1. The minimum absolute atomic E-state index is 0. The van der Waals surface area contributed by atoms with Crippen molar-refractivity contribution in [2.24, 2.45) is 20.0 Å². The summed E-state index contributed by atoms with van der Waals surface area (Å²) >= 11 is 0. The Labute approximate surface area is 415 Å². The molecule has 0 unspecified atom stereocenters. The third kappa shape index (κ3) is 12.4. The molecule has 2 aliphatic rings. The molecule has 23 heteroatoms. The topological polar surface area (TPSA) is 275 Å². The molecule has 5 N–H and O–H groups in total. The zero-order chi connectivity index (χ0) is 44.8. The predicted molar refractivity (Wildman–Crippen MR) is 235 cm³/mol. The molecule has 20 nitrogen and oxygen atoms in total. The van der Waals surface area contributed by atoms with E-state index in [-0.39, 0.29) is 85.1 Å². The van der Waals surface area contributed by atoms with Gasteiger partial charge in [0, 0.05) is 26.2 Å². The maximum atomic E-state index is 12.8. The molecule has 0 spiro atoms. The van der Waals surface area contributed by atoms with Gasteiger partial charge in [-0.2, -0.15) is 18.4 Å². The SMILES string of the molecule is Cc1ccccc1N=c1[nH]c(N2CCOCC2)nc(=Nc2ccc(/C=C/c3ccc(N=c4nc(N5CCOCC5)[nH]c(=Nc5ccccc5C)[nH]4)cc3S(=O)(=O)O)c(S(=O)(=O)[O-])c2)[nH]1.[K+]. The van der Waals surface area contributed by atoms with Crippen LogP contribution in [-0.2, 0) is 29.7 Å². The van der Waals surface area contributed by atoms with Gasteiger partial charge in [0.1, 0.15) is 15.0 Å². The number of H-pyrrole nitrogens is 4. The summed E-state index contributed by atoms with van der Waals surface area (Å²) in [4.78, 5) is 43.0. The Bertz CT molecular complexity index is 3050. The summed E-state index contributed by atoms with van der Waals surface area (Å²) in [5.74, 6) is 0.907. The molecule has 4 aromatic carbocycles. The van der Waals surface area contributed by atoms with Gasteiger partial charge in [-0.25, -0.2) is 28.4 Å². The third-order valence-corrected chi connectivity index (χ3v) is 11.9. The molecule has 2 aliphatic heterocycles. The Balaban J connectivity index is 0.00000630. The van der Waals surface area contributed by atoms with Gasteiger partial charge in [-0.1, -0.05) is 60.7 Å². The minimum Gasteiger partial charge on any atom is -0.744 e. The molecule has 2 fully saturated rings. The van der Waals surface area contributed by atoms with Crippen molar-refractivity contribution in [3.63, 3.8) is 0 Å². The summed E-state index contributed by atoms with van der Waals surface area (Å²) in [6, 6.07) is 23.0. The number of nitrogens with one attached hydrogen (secondary N) is 4. The van der Waals surface area contributed by atoms with Crippen LogP contribution in [0.4, 0.5) is 34.6 Å². The maximum Gasteiger partial charge on any atom is 1.00 e. The van der Waals surface area contributed by atoms with Crippen LogP contribution in [0.3, 0.4) is 0 Å². The first-order valence-corrected chi connectivity index (χ1v) is 22.9. The number of para-hydroxylation sites is 2. The van der Waals surface area contributed by atoms with Crippen molar-refractivity contribution in [3.8, 4) is 0 Å². The second-order valence-corrected chi connectivity index (χ2v) is 17.4. The molecule has 0 amide bonds. The molecule has 0 aliphatic carbocycles. The molecular weight excluding hydrogens is 904 g/mol. The smallest absolute Gasteiger partial charge is 0.744 e. The van der Waals surface area contributed by atoms with Gasteiger partial charge < -0.3 is 23.8 Å². The molecule has 0 bridgehead atoms. The van der Waals surface area contributed by atoms with E-state index >= 15 is 0 Å². The maximum absolute atomic E-state index is 12.8. The van der Waals surface area contributed by atoms with E-state index in [1.165, 1.54) is 36.4 Å². The average molecular weight is 947 g/mol. The van der Waals surface area contributed by atoms with Crippen LogP contribution in [0.2, 0.25) is 0 Å². The van der Waals surface area contributed by atoms with Crippen LogP contribution in [0.15, 0.2) is 115 Å². The summed E-state index contributed by atoms with van der Waals surface area (Å²) in [5, 5.41) is 0. The monoisotopic (exact) mass is 946 g/mol. The van der Waals surface area contributed by atoms with E-state index in [0.29, 0.717) is 87.1 Å². The Morgan fingerprint density at radius 2 is 1.03 bits per heavy atom. The summed E-state index contributed by atoms with van der Waals surface area (Å²) in [6.45, 7) is 8.03. The first-order chi connectivity index (χ1) is 30.7. The molecule has 0 radical (unpaired) electrons. The van der Waals surface area contributed by atoms with Crippen LogP contribution < -0.4 is 83.7 Å². The zero-order valence-electron chi connectivity index (χ0n) is 35.6. The van der Waals surface area contributed by atoms with Gasteiger partial charge >= 0.3 is 51.4 Å². The number of hydrogen-bond donors (Lipinski definition) is 5. The summed E-state index contributed by atoms with van der Waals surface area (Å²) in [6.07, 6.45) is 2.52. The summed E-state index contributed by atoms with van der Waals surface area (Å²) in [5.41, 5.74) is 4.17. The number of ether oxygens (including phenoxy) is 2. The van der Waals surface area contributed by atoms with Crippen molar-refractivity contribution >= 4 is 67.0 Å². The molecule has 65 heavy (non-hydrogen) atoms. The van der Waals surface area contributed by atoms with Crippen LogP contribution >= 0.6 is 0 Å². The number of morpholine rings is 2. The third-order valence-electron chi connectivity index (χ3n) is 10.1. The van der Waals surface area contributed by atoms with Crippen molar-refractivity contribution in [2.75, 3.05) is 62.4 Å². The van der Waals surface area contributed by atoms with E-state index in [4.69, 9.17) is 19.5 Å². The number of hydrogen-bond acceptors (Lipinski definition) is 15. The Morgan fingerprint density at radius 1 is 0.615 bits per heavy atom. The fourth-order valence-corrected chi connectivity index (χ4v) is 8.20. The molecule has 0 atom stereocenters. The number of nitrogens with zero attached hydrogens (tertiary/aromatic N) is 8. The van der Waals surface area contributed by atoms with Gasteiger partial charge in [0.15, 0.2) is 0 Å². The van der Waals surface area contributed by atoms with E-state index in [9.17, 15) is 25.9 Å². The summed E-state index contributed by atoms with van der Waals surface area (Å²) in [7, 11) is -9.97. The van der Waals surface area contributed by atoms with Crippen LogP contribution in [-0.4, -0.2) is 108 Å². The fourth-order valence-electron chi connectivity index (χ4n) is 6.81. The van der Waals surface area contributed by atoms with Crippen molar-refractivity contribution in [3.05, 3.63) is 130 Å². The fraction of sp³-hybridized carbons (Fsp3) is 0.238. The van der Waals surface area contributed by atoms with Crippen LogP contribution in [0, 0.1) is 13.8 Å². The quantitative estimate of drug-likeness (QED) is 0.0707. The van der Waals surface area contributed by atoms with Crippen LogP contribution in [0.25, 0.3) is 12.2 Å². The predicted octanol–water partition coefficient (Wildman–Crippen LogP) is 0.334. The molecule has 2 aromatic heterocycles. The van der Waals surface area contributed by atoms with E-state index in [0.717, 1.165) is 23.3 Å². The number of aromatic nitrogens is 6. The Kier molecular flexibility index (Phi) is 15.4. The van der Waals surface area contributed by atoms with Gasteiger partial charge in [-0.05, 0) is 72.5 Å². The summed E-state index contributed by atoms with van der Waals surface area (Å²) < 4.78 is 84.9. The van der Waals surface area contributed by atoms with E-state index in [2.05, 4.69) is 39.9 Å². The van der Waals surface area contributed by atoms with Gasteiger partial charge in [-0.3, -0.25) is 24.5 Å². The van der Waals surface area contributed by atoms with Gasteiger partial charge in [0.2, 0.25) is 34.4 Å². The second kappa shape index (κ2) is 21.0. The number of aromatic amines is 4. The first-order valence-electron chi connectivity index (χ1n) is 20.0. The molecular formula is C42H43KN12O8S2. The Hall–Kier alpha value is -5.18. The van der Waals surface area contributed by atoms with Crippen molar-refractivity contribution in [1.29, 1.82) is 0 Å². The number of rotatable bonds is 10. The standard InChI is InChI=1S/C42H44N12O8S2.K/c1-27-7-3-5-9-33(27)45-39-47-37(49-41(51-39)53-17-21-61-22-18-53)43-31-15-13-29(35(25-31)63(55,56)57)11-12-30-14-16-32(26-36(30)64(58,59)60)44-38-48-40(46-34-10-6-4-8-28(34)2)52-42(50-38)54-19-23-62-24-20-54;/h3-16,25-26H,17-24H2,1-2H3,(H,55,56,57)(H,58,59,60)(H2,43,45,47,49,51)(H2,44,46,48,50,52);/q;+1/p-1/b12-11+;. The van der Waals surface area contributed by atoms with Gasteiger partial charge in [-0.15, -0.1) is 0 Å². The van der Waals surface area contributed by atoms with E-state index in [1.807, 2.05) is 72.2 Å². The zero-order valence-corrected chi connectivity index (χ0v) is 40.3. The van der Waals surface area contributed by atoms with Crippen molar-refractivity contribution < 1.29 is 86.8 Å². The van der Waals surface area contributed by atoms with Crippen molar-refractivity contribution in [1.82, 2.24) is 29.9 Å². The van der Waals surface area contributed by atoms with Gasteiger partial charge in [0.25, 0.3) is 10.1 Å². The average Bonchev–Trinajstić information content (AvgIpc) is 3.27. The number of anilines is 2. The number of benzene rings is 4. The van der Waals surface area contributed by atoms with Crippen LogP contribution in [0.1, 0.15) is 22.3 Å². The molecule has 332 valence electrons. The number of aryl methyl sites for hydroxylation is 2. The molecule has 2 saturated heterocycles.